The van der Waals surface area contributed by atoms with Gasteiger partial charge in [-0.3, -0.25) is 0 Å². The minimum Gasteiger partial charge on any atom is -0.314 e. The van der Waals surface area contributed by atoms with Crippen LogP contribution in [0.2, 0.25) is 5.02 Å². The van der Waals surface area contributed by atoms with Crippen LogP contribution < -0.4 is 5.32 Å². The molecule has 0 aromatic carbocycles. The molecule has 2 nitrogen and oxygen atoms in total. The molecule has 0 saturated heterocycles. The van der Waals surface area contributed by atoms with E-state index >= 15 is 0 Å². The number of rotatable bonds is 2. The summed E-state index contributed by atoms with van der Waals surface area (Å²) >= 11 is 5.58. The topological polar surface area (TPSA) is 24.9 Å². The first-order valence-electron chi connectivity index (χ1n) is 3.19. The van der Waals surface area contributed by atoms with Crippen LogP contribution in [0, 0.1) is 5.95 Å². The minimum absolute atomic E-state index is 0.378. The third-order valence-corrected chi connectivity index (χ3v) is 1.39. The highest BCUT2D eigenvalue weighted by Gasteiger charge is 1.98. The van der Waals surface area contributed by atoms with Crippen LogP contribution >= 0.6 is 11.6 Å². The molecule has 0 atom stereocenters. The van der Waals surface area contributed by atoms with Gasteiger partial charge in [0.1, 0.15) is 0 Å². The van der Waals surface area contributed by atoms with E-state index in [1.807, 2.05) is 0 Å². The average Bonchev–Trinajstić information content (AvgIpc) is 1.85. The van der Waals surface area contributed by atoms with Crippen LogP contribution in [0.1, 0.15) is 5.69 Å². The molecule has 1 N–H and O–H groups in total. The minimum atomic E-state index is -0.539. The molecule has 11 heavy (non-hydrogen) atoms. The number of nitrogens with one attached hydrogen (secondary N) is 1. The number of hydrogen-bond acceptors (Lipinski definition) is 2. The fourth-order valence-electron chi connectivity index (χ4n) is 0.788. The molecule has 1 heterocycles. The van der Waals surface area contributed by atoms with Crippen LogP contribution in [-0.2, 0) is 6.54 Å². The van der Waals surface area contributed by atoms with Crippen LogP contribution in [-0.4, -0.2) is 12.0 Å². The Morgan fingerprint density at radius 2 is 2.36 bits per heavy atom. The lowest BCUT2D eigenvalue weighted by Crippen LogP contribution is -2.07. The Morgan fingerprint density at radius 1 is 1.64 bits per heavy atom. The van der Waals surface area contributed by atoms with Crippen molar-refractivity contribution in [2.45, 2.75) is 6.54 Å². The molecule has 0 bridgehead atoms. The predicted molar refractivity (Wildman–Crippen MR) is 42.0 cm³/mol. The molecule has 0 aliphatic rings. The van der Waals surface area contributed by atoms with E-state index in [-0.39, 0.29) is 0 Å². The van der Waals surface area contributed by atoms with Crippen molar-refractivity contribution in [1.29, 1.82) is 0 Å². The summed E-state index contributed by atoms with van der Waals surface area (Å²) in [6.07, 6.45) is 0. The number of pyridine rings is 1. The molecule has 0 spiro atoms. The van der Waals surface area contributed by atoms with Crippen LogP contribution in [0.3, 0.4) is 0 Å². The molecular formula is C7H8ClFN2. The SMILES string of the molecule is CNCc1cc(Cl)cc(F)n1. The zero-order valence-corrected chi connectivity index (χ0v) is 6.82. The number of hydrogen-bond donors (Lipinski definition) is 1. The molecule has 4 heteroatoms. The monoisotopic (exact) mass is 174 g/mol. The van der Waals surface area contributed by atoms with Crippen LogP contribution in [0.15, 0.2) is 12.1 Å². The molecule has 1 aromatic rings. The lowest BCUT2D eigenvalue weighted by atomic mass is 10.3. The van der Waals surface area contributed by atoms with Gasteiger partial charge in [-0.05, 0) is 13.1 Å². The summed E-state index contributed by atoms with van der Waals surface area (Å²) in [6.45, 7) is 0.525. The summed E-state index contributed by atoms with van der Waals surface area (Å²) < 4.78 is 12.5. The first-order valence-corrected chi connectivity index (χ1v) is 3.56. The largest absolute Gasteiger partial charge is 0.314 e. The van der Waals surface area contributed by atoms with E-state index in [1.54, 1.807) is 13.1 Å². The van der Waals surface area contributed by atoms with E-state index in [2.05, 4.69) is 10.3 Å². The van der Waals surface area contributed by atoms with E-state index in [4.69, 9.17) is 11.6 Å². The summed E-state index contributed by atoms with van der Waals surface area (Å²) in [4.78, 5) is 3.61. The Hall–Kier alpha value is -0.670. The zero-order chi connectivity index (χ0) is 8.27. The van der Waals surface area contributed by atoms with Gasteiger partial charge in [0.05, 0.1) is 5.69 Å². The molecule has 0 amide bonds. The average molecular weight is 175 g/mol. The van der Waals surface area contributed by atoms with Gasteiger partial charge in [-0.15, -0.1) is 0 Å². The van der Waals surface area contributed by atoms with Crippen LogP contribution in [0.5, 0.6) is 0 Å². The molecule has 60 valence electrons. The predicted octanol–water partition coefficient (Wildman–Crippen LogP) is 1.59. The van der Waals surface area contributed by atoms with Crippen LogP contribution in [0.25, 0.3) is 0 Å². The first kappa shape index (κ1) is 8.43. The van der Waals surface area contributed by atoms with Crippen LogP contribution in [0.4, 0.5) is 4.39 Å². The van der Waals surface area contributed by atoms with Crippen molar-refractivity contribution in [2.24, 2.45) is 0 Å². The lowest BCUT2D eigenvalue weighted by Gasteiger charge is -1.98. The first-order chi connectivity index (χ1) is 5.22. The second-order valence-electron chi connectivity index (χ2n) is 2.13. The molecule has 0 fully saturated rings. The lowest BCUT2D eigenvalue weighted by molar-refractivity contribution is 0.573. The Balaban J connectivity index is 2.89. The van der Waals surface area contributed by atoms with Gasteiger partial charge in [-0.2, -0.15) is 4.39 Å². The van der Waals surface area contributed by atoms with Crippen molar-refractivity contribution in [1.82, 2.24) is 10.3 Å². The molecule has 0 aliphatic heterocycles. The third-order valence-electron chi connectivity index (χ3n) is 1.17. The quantitative estimate of drug-likeness (QED) is 0.689. The fourth-order valence-corrected chi connectivity index (χ4v) is 1.00. The maximum absolute atomic E-state index is 12.5. The number of aromatic nitrogens is 1. The van der Waals surface area contributed by atoms with Gasteiger partial charge < -0.3 is 5.32 Å². The van der Waals surface area contributed by atoms with E-state index < -0.39 is 5.95 Å². The van der Waals surface area contributed by atoms with Crippen molar-refractivity contribution in [3.63, 3.8) is 0 Å². The molecule has 0 saturated carbocycles. The molecule has 0 aliphatic carbocycles. The maximum Gasteiger partial charge on any atom is 0.214 e. The Labute approximate surface area is 69.4 Å². The highest BCUT2D eigenvalue weighted by Crippen LogP contribution is 2.10. The molecular weight excluding hydrogens is 167 g/mol. The Kier molecular flexibility index (Phi) is 2.79. The van der Waals surface area contributed by atoms with E-state index in [1.165, 1.54) is 6.07 Å². The molecule has 0 unspecified atom stereocenters. The van der Waals surface area contributed by atoms with Gasteiger partial charge >= 0.3 is 0 Å². The number of nitrogens with zero attached hydrogens (tertiary/aromatic N) is 1. The van der Waals surface area contributed by atoms with Crippen molar-refractivity contribution < 1.29 is 4.39 Å². The molecule has 1 aromatic heterocycles. The van der Waals surface area contributed by atoms with Gasteiger partial charge in [0, 0.05) is 17.6 Å². The summed E-state index contributed by atoms with van der Waals surface area (Å²) in [5.41, 5.74) is 0.609. The van der Waals surface area contributed by atoms with Gasteiger partial charge in [-0.25, -0.2) is 4.98 Å². The van der Waals surface area contributed by atoms with Gasteiger partial charge in [0.15, 0.2) is 0 Å². The zero-order valence-electron chi connectivity index (χ0n) is 6.06. The van der Waals surface area contributed by atoms with Gasteiger partial charge in [0.2, 0.25) is 5.95 Å². The Bertz CT molecular complexity index is 232. The highest BCUT2D eigenvalue weighted by atomic mass is 35.5. The summed E-state index contributed by atoms with van der Waals surface area (Å²) in [6, 6.07) is 2.81. The highest BCUT2D eigenvalue weighted by molar-refractivity contribution is 6.30. The van der Waals surface area contributed by atoms with Crippen molar-refractivity contribution in [3.05, 3.63) is 28.8 Å². The van der Waals surface area contributed by atoms with Gasteiger partial charge in [0.25, 0.3) is 0 Å². The fraction of sp³-hybridized carbons (Fsp3) is 0.286. The summed E-state index contributed by atoms with van der Waals surface area (Å²) in [7, 11) is 1.76. The normalized spacial score (nSPS) is 10.1. The Morgan fingerprint density at radius 3 is 2.91 bits per heavy atom. The summed E-state index contributed by atoms with van der Waals surface area (Å²) in [5, 5.41) is 3.23. The van der Waals surface area contributed by atoms with Crippen molar-refractivity contribution in [3.8, 4) is 0 Å². The van der Waals surface area contributed by atoms with Gasteiger partial charge in [-0.1, -0.05) is 11.6 Å². The third kappa shape index (κ3) is 2.44. The van der Waals surface area contributed by atoms with E-state index in [0.717, 1.165) is 0 Å². The second kappa shape index (κ2) is 3.64. The maximum atomic E-state index is 12.5. The summed E-state index contributed by atoms with van der Waals surface area (Å²) in [5.74, 6) is -0.539. The molecule has 1 rings (SSSR count). The van der Waals surface area contributed by atoms with E-state index in [0.29, 0.717) is 17.3 Å². The van der Waals surface area contributed by atoms with Crippen molar-refractivity contribution in [2.75, 3.05) is 7.05 Å². The second-order valence-corrected chi connectivity index (χ2v) is 2.57. The molecule has 0 radical (unpaired) electrons. The smallest absolute Gasteiger partial charge is 0.214 e. The number of halogens is 2. The van der Waals surface area contributed by atoms with E-state index in [9.17, 15) is 4.39 Å². The standard InChI is InChI=1S/C7H8ClFN2/c1-10-4-6-2-5(8)3-7(9)11-6/h2-3,10H,4H2,1H3. The van der Waals surface area contributed by atoms with Crippen molar-refractivity contribution >= 4 is 11.6 Å².